The molecule has 0 bridgehead atoms. The molecular weight excluding hydrogens is 160 g/mol. The van der Waals surface area contributed by atoms with E-state index in [0.717, 1.165) is 24.8 Å². The minimum atomic E-state index is -0.202. The number of rotatable bonds is 3. The summed E-state index contributed by atoms with van der Waals surface area (Å²) >= 11 is 0. The van der Waals surface area contributed by atoms with Crippen LogP contribution in [0.2, 0.25) is 0 Å². The molecule has 0 saturated heterocycles. The van der Waals surface area contributed by atoms with Crippen LogP contribution < -0.4 is 0 Å². The molecule has 0 aliphatic heterocycles. The predicted octanol–water partition coefficient (Wildman–Crippen LogP) is 3.19. The minimum absolute atomic E-state index is 0.202. The Hall–Kier alpha value is -0.520. The van der Waals surface area contributed by atoms with Crippen LogP contribution in [0.25, 0.3) is 0 Å². The number of unbranched alkanes of at least 4 members (excludes halogenated alkanes) is 2. The second-order valence-electron chi connectivity index (χ2n) is 3.78. The van der Waals surface area contributed by atoms with Crippen molar-refractivity contribution in [2.24, 2.45) is 0 Å². The zero-order valence-electron chi connectivity index (χ0n) is 8.55. The quantitative estimate of drug-likeness (QED) is 0.522. The highest BCUT2D eigenvalue weighted by molar-refractivity contribution is 5.09. The van der Waals surface area contributed by atoms with E-state index >= 15 is 0 Å². The van der Waals surface area contributed by atoms with Crippen molar-refractivity contribution >= 4 is 0 Å². The highest BCUT2D eigenvalue weighted by Gasteiger charge is 2.14. The monoisotopic (exact) mass is 180 g/mol. The van der Waals surface area contributed by atoms with Gasteiger partial charge in [-0.1, -0.05) is 19.8 Å². The average Bonchev–Trinajstić information content (AvgIpc) is 2.15. The first kappa shape index (κ1) is 10.6. The van der Waals surface area contributed by atoms with Crippen LogP contribution in [0.4, 0.5) is 0 Å². The first-order valence-electron chi connectivity index (χ1n) is 5.46. The van der Waals surface area contributed by atoms with E-state index in [0.29, 0.717) is 0 Å². The van der Waals surface area contributed by atoms with Gasteiger partial charge >= 0.3 is 0 Å². The van der Waals surface area contributed by atoms with Crippen molar-refractivity contribution < 1.29 is 5.11 Å². The van der Waals surface area contributed by atoms with Gasteiger partial charge in [0.05, 0.1) is 6.10 Å². The molecule has 0 unspecified atom stereocenters. The third-order valence-electron chi connectivity index (χ3n) is 2.57. The van der Waals surface area contributed by atoms with Gasteiger partial charge in [-0.3, -0.25) is 0 Å². The summed E-state index contributed by atoms with van der Waals surface area (Å²) in [6, 6.07) is 0. The van der Waals surface area contributed by atoms with Gasteiger partial charge in [0.25, 0.3) is 0 Å². The summed E-state index contributed by atoms with van der Waals surface area (Å²) in [7, 11) is 0. The lowest BCUT2D eigenvalue weighted by Gasteiger charge is -2.18. The molecule has 1 fully saturated rings. The summed E-state index contributed by atoms with van der Waals surface area (Å²) in [5, 5.41) is 9.61. The van der Waals surface area contributed by atoms with E-state index in [9.17, 15) is 5.11 Å². The minimum Gasteiger partial charge on any atom is -0.388 e. The lowest BCUT2D eigenvalue weighted by molar-refractivity contribution is 0.179. The van der Waals surface area contributed by atoms with Gasteiger partial charge in [-0.15, -0.1) is 5.73 Å². The van der Waals surface area contributed by atoms with Gasteiger partial charge < -0.3 is 5.11 Å². The topological polar surface area (TPSA) is 20.2 Å². The molecule has 0 aromatic carbocycles. The maximum Gasteiger partial charge on any atom is 0.0823 e. The Morgan fingerprint density at radius 2 is 2.38 bits per heavy atom. The van der Waals surface area contributed by atoms with Crippen molar-refractivity contribution in [3.8, 4) is 0 Å². The molecule has 74 valence electrons. The fourth-order valence-corrected chi connectivity index (χ4v) is 1.67. The first-order valence-corrected chi connectivity index (χ1v) is 5.46. The van der Waals surface area contributed by atoms with Crippen molar-refractivity contribution in [3.63, 3.8) is 0 Å². The van der Waals surface area contributed by atoms with Gasteiger partial charge in [0.15, 0.2) is 0 Å². The summed E-state index contributed by atoms with van der Waals surface area (Å²) in [4.78, 5) is 0. The molecule has 1 aliphatic carbocycles. The summed E-state index contributed by atoms with van der Waals surface area (Å²) in [5.74, 6) is 0. The number of hydrogen-bond acceptors (Lipinski definition) is 1. The smallest absolute Gasteiger partial charge is 0.0823 e. The van der Waals surface area contributed by atoms with Gasteiger partial charge in [-0.05, 0) is 43.8 Å². The summed E-state index contributed by atoms with van der Waals surface area (Å²) < 4.78 is 0. The second-order valence-corrected chi connectivity index (χ2v) is 3.78. The Morgan fingerprint density at radius 3 is 3.08 bits per heavy atom. The molecular formula is C12H20O. The normalized spacial score (nSPS) is 22.6. The van der Waals surface area contributed by atoms with Crippen molar-refractivity contribution in [1.82, 2.24) is 0 Å². The highest BCUT2D eigenvalue weighted by atomic mass is 16.3. The largest absolute Gasteiger partial charge is 0.388 e. The van der Waals surface area contributed by atoms with E-state index in [1.54, 1.807) is 0 Å². The fraction of sp³-hybridized carbons (Fsp3) is 0.750. The third-order valence-corrected chi connectivity index (χ3v) is 2.57. The predicted molar refractivity (Wildman–Crippen MR) is 55.6 cm³/mol. The van der Waals surface area contributed by atoms with Gasteiger partial charge in [0, 0.05) is 0 Å². The van der Waals surface area contributed by atoms with Crippen molar-refractivity contribution in [3.05, 3.63) is 17.4 Å². The second kappa shape index (κ2) is 6.01. The Morgan fingerprint density at radius 1 is 1.54 bits per heavy atom. The Bertz CT molecular complexity index is 199. The zero-order chi connectivity index (χ0) is 9.52. The summed E-state index contributed by atoms with van der Waals surface area (Å²) in [6.45, 7) is 2.19. The van der Waals surface area contributed by atoms with Crippen molar-refractivity contribution in [1.29, 1.82) is 0 Å². The van der Waals surface area contributed by atoms with Crippen LogP contribution in [0.15, 0.2) is 17.4 Å². The molecule has 1 heteroatoms. The standard InChI is InChI=1S/C12H20O/c1-2-3-4-5-8-11-9-6-7-10-12(11)13/h5,12-13H,2-4,6-7,9-10H2,1H3/t8?,12-/m0/s1. The van der Waals surface area contributed by atoms with Gasteiger partial charge in [0.2, 0.25) is 0 Å². The van der Waals surface area contributed by atoms with E-state index in [2.05, 4.69) is 18.7 Å². The van der Waals surface area contributed by atoms with Crippen molar-refractivity contribution in [2.45, 2.75) is 58.0 Å². The molecule has 1 nitrogen and oxygen atoms in total. The van der Waals surface area contributed by atoms with Crippen molar-refractivity contribution in [2.75, 3.05) is 0 Å². The molecule has 0 spiro atoms. The van der Waals surface area contributed by atoms with Crippen LogP contribution >= 0.6 is 0 Å². The molecule has 0 aromatic heterocycles. The van der Waals surface area contributed by atoms with Crippen LogP contribution in [-0.4, -0.2) is 11.2 Å². The highest BCUT2D eigenvalue weighted by Crippen LogP contribution is 2.22. The van der Waals surface area contributed by atoms with E-state index < -0.39 is 0 Å². The molecule has 0 aromatic rings. The Balaban J connectivity index is 2.42. The number of aliphatic hydroxyl groups is 1. The third kappa shape index (κ3) is 3.80. The molecule has 1 atom stereocenters. The Labute approximate surface area is 81.2 Å². The Kier molecular flexibility index (Phi) is 4.88. The summed E-state index contributed by atoms with van der Waals surface area (Å²) in [6.07, 6.45) is 9.83. The van der Waals surface area contributed by atoms with Gasteiger partial charge in [0.1, 0.15) is 0 Å². The van der Waals surface area contributed by atoms with E-state index in [-0.39, 0.29) is 6.10 Å². The van der Waals surface area contributed by atoms with E-state index in [1.807, 2.05) is 0 Å². The van der Waals surface area contributed by atoms with Crippen LogP contribution in [0.1, 0.15) is 51.9 Å². The SMILES string of the molecule is CCCCC=C=C1CCCC[C@@H]1O. The van der Waals surface area contributed by atoms with E-state index in [4.69, 9.17) is 0 Å². The van der Waals surface area contributed by atoms with Gasteiger partial charge in [-0.25, -0.2) is 0 Å². The van der Waals surface area contributed by atoms with Crippen LogP contribution in [0.3, 0.4) is 0 Å². The molecule has 1 aliphatic rings. The molecule has 0 heterocycles. The number of hydrogen-bond donors (Lipinski definition) is 1. The molecule has 1 saturated carbocycles. The maximum absolute atomic E-state index is 9.61. The van der Waals surface area contributed by atoms with Crippen LogP contribution in [0.5, 0.6) is 0 Å². The maximum atomic E-state index is 9.61. The number of aliphatic hydroxyl groups excluding tert-OH is 1. The average molecular weight is 180 g/mol. The summed E-state index contributed by atoms with van der Waals surface area (Å²) in [5.41, 5.74) is 4.38. The van der Waals surface area contributed by atoms with Crippen LogP contribution in [-0.2, 0) is 0 Å². The van der Waals surface area contributed by atoms with Crippen LogP contribution in [0, 0.1) is 0 Å². The zero-order valence-corrected chi connectivity index (χ0v) is 8.55. The first-order chi connectivity index (χ1) is 6.34. The molecule has 13 heavy (non-hydrogen) atoms. The molecule has 0 amide bonds. The fourth-order valence-electron chi connectivity index (χ4n) is 1.67. The molecule has 0 radical (unpaired) electrons. The van der Waals surface area contributed by atoms with Gasteiger partial charge in [-0.2, -0.15) is 0 Å². The van der Waals surface area contributed by atoms with E-state index in [1.165, 1.54) is 25.7 Å². The molecule has 1 N–H and O–H groups in total. The lowest BCUT2D eigenvalue weighted by Crippen LogP contribution is -2.13. The molecule has 1 rings (SSSR count). The lowest BCUT2D eigenvalue weighted by atomic mass is 9.93.